The van der Waals surface area contributed by atoms with Crippen LogP contribution in [0, 0.1) is 8.99 Å². The molecule has 0 atom stereocenters. The van der Waals surface area contributed by atoms with Crippen molar-refractivity contribution in [3.63, 3.8) is 0 Å². The average molecular weight is 843 g/mol. The lowest BCUT2D eigenvalue weighted by Gasteiger charge is -2.53. The quantitative estimate of drug-likeness (QED) is 0.247. The number of aromatic nitrogens is 2. The van der Waals surface area contributed by atoms with Crippen molar-refractivity contribution in [2.75, 3.05) is 63.9 Å². The van der Waals surface area contributed by atoms with E-state index in [2.05, 4.69) is 53.3 Å². The molecule has 3 saturated heterocycles. The second-order valence-corrected chi connectivity index (χ2v) is 16.0. The highest BCUT2D eigenvalue weighted by Gasteiger charge is 2.48. The molecule has 0 aliphatic carbocycles. The van der Waals surface area contributed by atoms with Gasteiger partial charge in [0.05, 0.1) is 17.2 Å². The molecule has 0 N–H and O–H groups in total. The number of ether oxygens (including phenoxy) is 4. The number of likely N-dealkylation sites (tertiary alicyclic amines) is 2. The van der Waals surface area contributed by atoms with E-state index in [4.69, 9.17) is 23.9 Å². The van der Waals surface area contributed by atoms with Gasteiger partial charge in [0.15, 0.2) is 12.4 Å². The number of benzene rings is 1. The summed E-state index contributed by atoms with van der Waals surface area (Å²) in [4.78, 5) is 28.3. The summed E-state index contributed by atoms with van der Waals surface area (Å²) in [6.45, 7) is 14.0. The SMILES string of the molecule is CC(C)OCCN1CCC(Oc2nc(N3CCC4(CC3)CN(C(=O)OC(C)(C)C)C4)c3cc(I)c(Br)c(OCC(F)(F)F)c3n2)CC1. The number of piperidine rings is 2. The van der Waals surface area contributed by atoms with Crippen LogP contribution in [0.1, 0.15) is 60.3 Å². The van der Waals surface area contributed by atoms with E-state index < -0.39 is 18.4 Å². The Bertz CT molecular complexity index is 1420. The van der Waals surface area contributed by atoms with Crippen molar-refractivity contribution in [2.24, 2.45) is 5.41 Å². The third kappa shape index (κ3) is 9.44. The standard InChI is InChI=1S/C32H44BrF3IN5O5/c1-20(2)44-15-14-40-10-6-21(7-11-40)46-28-38-25-22(16-23(37)24(33)26(25)45-19-32(34,35)36)27(39-28)41-12-8-31(9-13-41)17-42(18-31)29(43)47-30(3,4)5/h16,20-21H,6-15,17-19H2,1-5H3. The van der Waals surface area contributed by atoms with E-state index in [-0.39, 0.29) is 41.0 Å². The molecule has 4 heterocycles. The number of rotatable bonds is 9. The van der Waals surface area contributed by atoms with Gasteiger partial charge in [0.25, 0.3) is 0 Å². The van der Waals surface area contributed by atoms with Crippen LogP contribution in [-0.4, -0.2) is 109 Å². The fourth-order valence-corrected chi connectivity index (χ4v) is 7.24. The van der Waals surface area contributed by atoms with Crippen molar-refractivity contribution in [3.8, 4) is 11.8 Å². The Balaban J connectivity index is 1.36. The topological polar surface area (TPSA) is 89.5 Å². The van der Waals surface area contributed by atoms with Crippen molar-refractivity contribution in [3.05, 3.63) is 14.1 Å². The first-order valence-corrected chi connectivity index (χ1v) is 18.0. The lowest BCUT2D eigenvalue weighted by Crippen LogP contribution is -2.62. The molecule has 1 amide bonds. The van der Waals surface area contributed by atoms with Crippen molar-refractivity contribution in [2.45, 2.75) is 84.3 Å². The summed E-state index contributed by atoms with van der Waals surface area (Å²) in [6, 6.07) is 1.99. The van der Waals surface area contributed by atoms with Gasteiger partial charge in [-0.25, -0.2) is 4.79 Å². The first-order chi connectivity index (χ1) is 22.0. The van der Waals surface area contributed by atoms with E-state index in [0.717, 1.165) is 45.3 Å². The van der Waals surface area contributed by atoms with Gasteiger partial charge in [-0.1, -0.05) is 0 Å². The monoisotopic (exact) mass is 841 g/mol. The maximum Gasteiger partial charge on any atom is 0.422 e. The van der Waals surface area contributed by atoms with Gasteiger partial charge in [-0.3, -0.25) is 0 Å². The summed E-state index contributed by atoms with van der Waals surface area (Å²) in [5, 5.41) is 0.599. The predicted molar refractivity (Wildman–Crippen MR) is 184 cm³/mol. The molecule has 0 saturated carbocycles. The molecular formula is C32H44BrF3IN5O5. The van der Waals surface area contributed by atoms with Crippen molar-refractivity contribution in [1.29, 1.82) is 0 Å². The first-order valence-electron chi connectivity index (χ1n) is 16.1. The first kappa shape index (κ1) is 36.4. The zero-order chi connectivity index (χ0) is 34.1. The Morgan fingerprint density at radius 3 is 2.36 bits per heavy atom. The van der Waals surface area contributed by atoms with Gasteiger partial charge in [0.1, 0.15) is 23.0 Å². The van der Waals surface area contributed by atoms with Gasteiger partial charge < -0.3 is 33.6 Å². The Morgan fingerprint density at radius 2 is 1.77 bits per heavy atom. The summed E-state index contributed by atoms with van der Waals surface area (Å²) >= 11 is 5.52. The van der Waals surface area contributed by atoms with Crippen molar-refractivity contribution in [1.82, 2.24) is 19.8 Å². The smallest absolute Gasteiger partial charge is 0.422 e. The number of hydrogen-bond acceptors (Lipinski definition) is 9. The number of fused-ring (bicyclic) bond motifs is 1. The van der Waals surface area contributed by atoms with Crippen LogP contribution in [0.15, 0.2) is 10.5 Å². The number of carbonyl (C=O) groups excluding carboxylic acids is 1. The lowest BCUT2D eigenvalue weighted by atomic mass is 9.72. The molecule has 262 valence electrons. The van der Waals surface area contributed by atoms with E-state index >= 15 is 0 Å². The highest BCUT2D eigenvalue weighted by atomic mass is 127. The van der Waals surface area contributed by atoms with Crippen molar-refractivity contribution < 1.29 is 36.9 Å². The molecule has 0 bridgehead atoms. The summed E-state index contributed by atoms with van der Waals surface area (Å²) in [5.74, 6) is 0.617. The zero-order valence-corrected chi connectivity index (χ0v) is 31.3. The minimum absolute atomic E-state index is 0.00216. The number of anilines is 1. The number of alkyl halides is 3. The molecule has 0 radical (unpaired) electrons. The van der Waals surface area contributed by atoms with Crippen LogP contribution in [-0.2, 0) is 9.47 Å². The van der Waals surface area contributed by atoms with Crippen molar-refractivity contribution >= 4 is 61.3 Å². The van der Waals surface area contributed by atoms with E-state index in [9.17, 15) is 18.0 Å². The Labute approximate surface area is 296 Å². The average Bonchev–Trinajstić information content (AvgIpc) is 2.95. The van der Waals surface area contributed by atoms with Gasteiger partial charge in [0.2, 0.25) is 0 Å². The van der Waals surface area contributed by atoms with Gasteiger partial charge in [-0.2, -0.15) is 23.1 Å². The summed E-state index contributed by atoms with van der Waals surface area (Å²) < 4.78 is 63.9. The van der Waals surface area contributed by atoms with Gasteiger partial charge in [0, 0.05) is 60.2 Å². The van der Waals surface area contributed by atoms with E-state index in [1.807, 2.05) is 40.7 Å². The Kier molecular flexibility index (Phi) is 11.3. The van der Waals surface area contributed by atoms with Gasteiger partial charge >= 0.3 is 18.3 Å². The molecule has 1 aromatic heterocycles. The molecule has 1 aromatic carbocycles. The highest BCUT2D eigenvalue weighted by Crippen LogP contribution is 2.45. The molecule has 10 nitrogen and oxygen atoms in total. The summed E-state index contributed by atoms with van der Waals surface area (Å²) in [5.41, 5.74) is -0.279. The Morgan fingerprint density at radius 1 is 1.11 bits per heavy atom. The fourth-order valence-electron chi connectivity index (χ4n) is 6.27. The molecule has 3 fully saturated rings. The van der Waals surface area contributed by atoms with Crippen LogP contribution >= 0.6 is 38.5 Å². The van der Waals surface area contributed by atoms with E-state index in [1.54, 1.807) is 4.90 Å². The Hall–Kier alpha value is -1.85. The minimum atomic E-state index is -4.52. The molecular weight excluding hydrogens is 798 g/mol. The minimum Gasteiger partial charge on any atom is -0.481 e. The molecule has 2 aromatic rings. The molecule has 47 heavy (non-hydrogen) atoms. The molecule has 0 unspecified atom stereocenters. The van der Waals surface area contributed by atoms with Crippen LogP contribution in [0.25, 0.3) is 10.9 Å². The van der Waals surface area contributed by atoms with Crippen LogP contribution in [0.4, 0.5) is 23.8 Å². The number of nitrogens with zero attached hydrogens (tertiary/aromatic N) is 5. The van der Waals surface area contributed by atoms with E-state index in [1.165, 1.54) is 0 Å². The summed E-state index contributed by atoms with van der Waals surface area (Å²) in [6.07, 6.45) is -1.55. The zero-order valence-electron chi connectivity index (χ0n) is 27.6. The summed E-state index contributed by atoms with van der Waals surface area (Å²) in [7, 11) is 0. The number of hydrogen-bond donors (Lipinski definition) is 0. The molecule has 5 rings (SSSR count). The van der Waals surface area contributed by atoms with Gasteiger partial charge in [-0.15, -0.1) is 0 Å². The molecule has 3 aliphatic rings. The maximum absolute atomic E-state index is 13.3. The second-order valence-electron chi connectivity index (χ2n) is 14.0. The normalized spacial score (nSPS) is 19.4. The third-order valence-corrected chi connectivity index (χ3v) is 11.1. The second kappa shape index (κ2) is 14.6. The van der Waals surface area contributed by atoms with Crippen LogP contribution < -0.4 is 14.4 Å². The molecule has 1 spiro atoms. The third-order valence-electron chi connectivity index (χ3n) is 8.67. The lowest BCUT2D eigenvalue weighted by molar-refractivity contribution is -0.153. The number of halogens is 5. The number of amides is 1. The van der Waals surface area contributed by atoms with Crippen LogP contribution in [0.3, 0.4) is 0 Å². The van der Waals surface area contributed by atoms with E-state index in [0.29, 0.717) is 52.0 Å². The predicted octanol–water partition coefficient (Wildman–Crippen LogP) is 7.04. The highest BCUT2D eigenvalue weighted by molar-refractivity contribution is 14.1. The number of carbonyl (C=O) groups is 1. The largest absolute Gasteiger partial charge is 0.481 e. The fraction of sp³-hybridized carbons (Fsp3) is 0.719. The van der Waals surface area contributed by atoms with Crippen LogP contribution in [0.2, 0.25) is 0 Å². The van der Waals surface area contributed by atoms with Gasteiger partial charge in [-0.05, 0) is 105 Å². The maximum atomic E-state index is 13.3. The molecule has 3 aliphatic heterocycles. The van der Waals surface area contributed by atoms with Crippen LogP contribution in [0.5, 0.6) is 11.8 Å². The molecule has 15 heteroatoms.